The molecular formula is C12H16N4. The molecule has 2 aromatic rings. The lowest BCUT2D eigenvalue weighted by Crippen LogP contribution is -2.04. The van der Waals surface area contributed by atoms with Crippen LogP contribution in [0.5, 0.6) is 0 Å². The Morgan fingerprint density at radius 1 is 1.25 bits per heavy atom. The van der Waals surface area contributed by atoms with E-state index in [4.69, 9.17) is 5.73 Å². The molecule has 0 aliphatic rings. The maximum Gasteiger partial charge on any atom is 0.148 e. The number of nitrogens with zero attached hydrogens (tertiary/aromatic N) is 3. The molecule has 1 aromatic heterocycles. The van der Waals surface area contributed by atoms with Crippen molar-refractivity contribution in [2.45, 2.75) is 27.3 Å². The topological polar surface area (TPSA) is 56.7 Å². The molecule has 0 aliphatic heterocycles. The maximum absolute atomic E-state index is 5.61. The first kappa shape index (κ1) is 10.8. The van der Waals surface area contributed by atoms with Gasteiger partial charge in [-0.25, -0.2) is 9.67 Å². The van der Waals surface area contributed by atoms with E-state index in [0.29, 0.717) is 6.54 Å². The molecule has 2 N–H and O–H groups in total. The fourth-order valence-corrected chi connectivity index (χ4v) is 1.83. The van der Waals surface area contributed by atoms with Crippen molar-refractivity contribution in [1.82, 2.24) is 14.8 Å². The minimum Gasteiger partial charge on any atom is -0.326 e. The second-order valence-corrected chi connectivity index (χ2v) is 3.94. The van der Waals surface area contributed by atoms with Crippen molar-refractivity contribution in [2.75, 3.05) is 0 Å². The van der Waals surface area contributed by atoms with Gasteiger partial charge in [0.1, 0.15) is 11.6 Å². The van der Waals surface area contributed by atoms with Gasteiger partial charge < -0.3 is 5.73 Å². The molecule has 0 saturated heterocycles. The lowest BCUT2D eigenvalue weighted by Gasteiger charge is -2.08. The molecule has 84 valence electrons. The number of rotatable bonds is 2. The number of hydrogen-bond acceptors (Lipinski definition) is 3. The molecule has 0 bridgehead atoms. The van der Waals surface area contributed by atoms with Crippen LogP contribution in [0, 0.1) is 20.8 Å². The summed E-state index contributed by atoms with van der Waals surface area (Å²) < 4.78 is 1.87. The van der Waals surface area contributed by atoms with E-state index in [2.05, 4.69) is 23.1 Å². The molecule has 2 rings (SSSR count). The first-order valence-corrected chi connectivity index (χ1v) is 5.32. The van der Waals surface area contributed by atoms with E-state index >= 15 is 0 Å². The molecule has 4 heteroatoms. The largest absolute Gasteiger partial charge is 0.326 e. The quantitative estimate of drug-likeness (QED) is 0.830. The molecule has 1 aromatic carbocycles. The van der Waals surface area contributed by atoms with Gasteiger partial charge in [0.05, 0.1) is 5.69 Å². The zero-order valence-corrected chi connectivity index (χ0v) is 9.86. The molecule has 0 unspecified atom stereocenters. The SMILES string of the molecule is Cc1nc(C)n(-c2ccc(CN)cc2C)n1. The zero-order chi connectivity index (χ0) is 11.7. The van der Waals surface area contributed by atoms with E-state index in [9.17, 15) is 0 Å². The van der Waals surface area contributed by atoms with Gasteiger partial charge >= 0.3 is 0 Å². The number of aryl methyl sites for hydroxylation is 3. The van der Waals surface area contributed by atoms with Gasteiger partial charge in [0, 0.05) is 6.54 Å². The average molecular weight is 216 g/mol. The Morgan fingerprint density at radius 2 is 2.00 bits per heavy atom. The summed E-state index contributed by atoms with van der Waals surface area (Å²) in [5.74, 6) is 1.70. The second-order valence-electron chi connectivity index (χ2n) is 3.94. The van der Waals surface area contributed by atoms with Gasteiger partial charge in [-0.2, -0.15) is 5.10 Å². The van der Waals surface area contributed by atoms with Gasteiger partial charge in [0.2, 0.25) is 0 Å². The van der Waals surface area contributed by atoms with Crippen LogP contribution in [0.4, 0.5) is 0 Å². The van der Waals surface area contributed by atoms with Crippen LogP contribution in [-0.4, -0.2) is 14.8 Å². The Kier molecular flexibility index (Phi) is 2.75. The first-order chi connectivity index (χ1) is 7.61. The standard InChI is InChI=1S/C12H16N4/c1-8-6-11(7-13)4-5-12(8)16-10(3)14-9(2)15-16/h4-6H,7,13H2,1-3H3. The molecule has 16 heavy (non-hydrogen) atoms. The van der Waals surface area contributed by atoms with Crippen molar-refractivity contribution in [3.05, 3.63) is 41.0 Å². The zero-order valence-electron chi connectivity index (χ0n) is 9.86. The summed E-state index contributed by atoms with van der Waals surface area (Å²) in [5.41, 5.74) is 8.97. The maximum atomic E-state index is 5.61. The van der Waals surface area contributed by atoms with E-state index in [-0.39, 0.29) is 0 Å². The Morgan fingerprint density at radius 3 is 2.50 bits per heavy atom. The summed E-state index contributed by atoms with van der Waals surface area (Å²) in [7, 11) is 0. The highest BCUT2D eigenvalue weighted by Crippen LogP contribution is 2.16. The highest BCUT2D eigenvalue weighted by Gasteiger charge is 2.07. The van der Waals surface area contributed by atoms with Crippen molar-refractivity contribution in [3.63, 3.8) is 0 Å². The summed E-state index contributed by atoms with van der Waals surface area (Å²) >= 11 is 0. The van der Waals surface area contributed by atoms with Crippen LogP contribution in [-0.2, 0) is 6.54 Å². The van der Waals surface area contributed by atoms with Gasteiger partial charge in [-0.05, 0) is 38.0 Å². The van der Waals surface area contributed by atoms with Crippen LogP contribution in [0.2, 0.25) is 0 Å². The molecule has 4 nitrogen and oxygen atoms in total. The van der Waals surface area contributed by atoms with Gasteiger partial charge in [-0.15, -0.1) is 0 Å². The molecule has 0 amide bonds. The Balaban J connectivity index is 2.52. The Hall–Kier alpha value is -1.68. The predicted octanol–water partition coefficient (Wildman–Crippen LogP) is 1.65. The highest BCUT2D eigenvalue weighted by atomic mass is 15.3. The van der Waals surface area contributed by atoms with Crippen molar-refractivity contribution in [2.24, 2.45) is 5.73 Å². The van der Waals surface area contributed by atoms with Crippen molar-refractivity contribution < 1.29 is 0 Å². The molecule has 0 aliphatic carbocycles. The van der Waals surface area contributed by atoms with Crippen LogP contribution in [0.1, 0.15) is 22.8 Å². The fourth-order valence-electron chi connectivity index (χ4n) is 1.83. The Bertz CT molecular complexity index is 514. The predicted molar refractivity (Wildman–Crippen MR) is 63.5 cm³/mol. The minimum absolute atomic E-state index is 0.566. The number of benzene rings is 1. The molecule has 0 saturated carbocycles. The summed E-state index contributed by atoms with van der Waals surface area (Å²) in [6.07, 6.45) is 0. The first-order valence-electron chi connectivity index (χ1n) is 5.32. The highest BCUT2D eigenvalue weighted by molar-refractivity contribution is 5.42. The Labute approximate surface area is 95.1 Å². The van der Waals surface area contributed by atoms with Crippen LogP contribution in [0.3, 0.4) is 0 Å². The number of hydrogen-bond donors (Lipinski definition) is 1. The van der Waals surface area contributed by atoms with Gasteiger partial charge in [0.25, 0.3) is 0 Å². The average Bonchev–Trinajstić information content (AvgIpc) is 2.57. The normalized spacial score (nSPS) is 10.8. The third-order valence-electron chi connectivity index (χ3n) is 2.60. The second kappa shape index (κ2) is 4.06. The fraction of sp³-hybridized carbons (Fsp3) is 0.333. The summed E-state index contributed by atoms with van der Waals surface area (Å²) in [6, 6.07) is 6.16. The minimum atomic E-state index is 0.566. The molecular weight excluding hydrogens is 200 g/mol. The smallest absolute Gasteiger partial charge is 0.148 e. The van der Waals surface area contributed by atoms with Gasteiger partial charge in [-0.1, -0.05) is 12.1 Å². The van der Waals surface area contributed by atoms with Crippen molar-refractivity contribution >= 4 is 0 Å². The lowest BCUT2D eigenvalue weighted by atomic mass is 10.1. The molecule has 1 heterocycles. The summed E-state index contributed by atoms with van der Waals surface area (Å²) in [5, 5.41) is 4.37. The monoisotopic (exact) mass is 216 g/mol. The third-order valence-corrected chi connectivity index (χ3v) is 2.60. The van der Waals surface area contributed by atoms with E-state index in [0.717, 1.165) is 28.5 Å². The van der Waals surface area contributed by atoms with Crippen molar-refractivity contribution in [3.8, 4) is 5.69 Å². The number of nitrogens with two attached hydrogens (primary N) is 1. The molecule has 0 spiro atoms. The van der Waals surface area contributed by atoms with Crippen LogP contribution in [0.15, 0.2) is 18.2 Å². The van der Waals surface area contributed by atoms with E-state index in [1.54, 1.807) is 0 Å². The summed E-state index contributed by atoms with van der Waals surface area (Å²) in [6.45, 7) is 6.48. The third kappa shape index (κ3) is 1.84. The molecule has 0 fully saturated rings. The van der Waals surface area contributed by atoms with Crippen LogP contribution < -0.4 is 5.73 Å². The van der Waals surface area contributed by atoms with E-state index in [1.165, 1.54) is 0 Å². The number of aromatic nitrogens is 3. The summed E-state index contributed by atoms with van der Waals surface area (Å²) in [4.78, 5) is 4.30. The van der Waals surface area contributed by atoms with Gasteiger partial charge in [-0.3, -0.25) is 0 Å². The van der Waals surface area contributed by atoms with Crippen molar-refractivity contribution in [1.29, 1.82) is 0 Å². The van der Waals surface area contributed by atoms with E-state index < -0.39 is 0 Å². The van der Waals surface area contributed by atoms with Crippen LogP contribution in [0.25, 0.3) is 5.69 Å². The van der Waals surface area contributed by atoms with Gasteiger partial charge in [0.15, 0.2) is 0 Å². The van der Waals surface area contributed by atoms with Crippen LogP contribution >= 0.6 is 0 Å². The van der Waals surface area contributed by atoms with E-state index in [1.807, 2.05) is 30.7 Å². The lowest BCUT2D eigenvalue weighted by molar-refractivity contribution is 0.823. The molecule has 0 radical (unpaired) electrons. The molecule has 0 atom stereocenters.